The van der Waals surface area contributed by atoms with Gasteiger partial charge in [0.25, 0.3) is 0 Å². The molecule has 1 aliphatic carbocycles. The third-order valence-electron chi connectivity index (χ3n) is 6.90. The van der Waals surface area contributed by atoms with Crippen LogP contribution in [0.2, 0.25) is 0 Å². The monoisotopic (exact) mass is 362 g/mol. The molecule has 0 aromatic carbocycles. The maximum Gasteiger partial charge on any atom is 0.236 e. The molecule has 3 aliphatic heterocycles. The second-order valence-corrected chi connectivity index (χ2v) is 8.64. The molecule has 0 radical (unpaired) electrons. The number of nitrogens with zero attached hydrogens (tertiary/aromatic N) is 3. The van der Waals surface area contributed by atoms with Crippen LogP contribution in [-0.4, -0.2) is 85.4 Å². The minimum Gasteiger partial charge on any atom is -0.342 e. The van der Waals surface area contributed by atoms with Gasteiger partial charge in [0.1, 0.15) is 0 Å². The van der Waals surface area contributed by atoms with E-state index in [1.807, 2.05) is 4.90 Å². The molecule has 4 aliphatic rings. The predicted molar refractivity (Wildman–Crippen MR) is 101 cm³/mol. The van der Waals surface area contributed by atoms with Crippen molar-refractivity contribution in [2.45, 2.75) is 38.5 Å². The van der Waals surface area contributed by atoms with Gasteiger partial charge >= 0.3 is 0 Å². The summed E-state index contributed by atoms with van der Waals surface area (Å²) in [5.41, 5.74) is 0. The topological polar surface area (TPSA) is 55.9 Å². The zero-order valence-electron chi connectivity index (χ0n) is 16.0. The molecule has 3 saturated heterocycles. The number of rotatable bonds is 4. The molecule has 0 bridgehead atoms. The minimum absolute atomic E-state index is 0.276. The molecule has 0 aromatic rings. The van der Waals surface area contributed by atoms with E-state index in [-0.39, 0.29) is 5.91 Å². The normalized spacial score (nSPS) is 31.1. The van der Waals surface area contributed by atoms with E-state index < -0.39 is 0 Å². The Balaban J connectivity index is 1.19. The summed E-state index contributed by atoms with van der Waals surface area (Å²) in [5, 5.41) is 3.42. The lowest BCUT2D eigenvalue weighted by Crippen LogP contribution is -2.52. The predicted octanol–water partition coefficient (Wildman–Crippen LogP) is 0.779. The molecule has 26 heavy (non-hydrogen) atoms. The molecule has 3 heterocycles. The fourth-order valence-corrected chi connectivity index (χ4v) is 5.09. The zero-order chi connectivity index (χ0) is 17.9. The summed E-state index contributed by atoms with van der Waals surface area (Å²) >= 11 is 0. The highest BCUT2D eigenvalue weighted by atomic mass is 16.2. The van der Waals surface area contributed by atoms with Gasteiger partial charge in [0.05, 0.1) is 6.54 Å². The van der Waals surface area contributed by atoms with Crippen LogP contribution in [0.3, 0.4) is 0 Å². The van der Waals surface area contributed by atoms with Gasteiger partial charge in [0, 0.05) is 45.2 Å². The van der Waals surface area contributed by atoms with Gasteiger partial charge in [-0.2, -0.15) is 0 Å². The quantitative estimate of drug-likeness (QED) is 0.803. The van der Waals surface area contributed by atoms with E-state index in [1.165, 1.54) is 19.3 Å². The van der Waals surface area contributed by atoms with E-state index in [1.54, 1.807) is 0 Å². The summed E-state index contributed by atoms with van der Waals surface area (Å²) in [6, 6.07) is 0. The van der Waals surface area contributed by atoms with Crippen molar-refractivity contribution in [1.82, 2.24) is 20.0 Å². The highest BCUT2D eigenvalue weighted by Crippen LogP contribution is 2.48. The molecule has 6 heteroatoms. The lowest BCUT2D eigenvalue weighted by Gasteiger charge is -2.36. The smallest absolute Gasteiger partial charge is 0.236 e. The fraction of sp³-hybridized carbons (Fsp3) is 0.900. The lowest BCUT2D eigenvalue weighted by molar-refractivity contribution is -0.136. The number of amides is 2. The van der Waals surface area contributed by atoms with Crippen molar-refractivity contribution in [3.63, 3.8) is 0 Å². The van der Waals surface area contributed by atoms with Crippen LogP contribution in [0.25, 0.3) is 0 Å². The van der Waals surface area contributed by atoms with Crippen LogP contribution in [0.4, 0.5) is 0 Å². The third-order valence-corrected chi connectivity index (χ3v) is 6.90. The number of nitrogens with one attached hydrogen (secondary N) is 1. The second-order valence-electron chi connectivity index (χ2n) is 8.64. The zero-order valence-corrected chi connectivity index (χ0v) is 16.0. The minimum atomic E-state index is 0.276. The largest absolute Gasteiger partial charge is 0.342 e. The number of hydrogen-bond donors (Lipinski definition) is 1. The molecule has 1 N–H and O–H groups in total. The van der Waals surface area contributed by atoms with Gasteiger partial charge in [-0.25, -0.2) is 0 Å². The first-order valence-electron chi connectivity index (χ1n) is 10.7. The van der Waals surface area contributed by atoms with Gasteiger partial charge in [-0.3, -0.25) is 14.5 Å². The highest BCUT2D eigenvalue weighted by Gasteiger charge is 2.49. The molecule has 4 rings (SSSR count). The van der Waals surface area contributed by atoms with Crippen LogP contribution >= 0.6 is 0 Å². The van der Waals surface area contributed by atoms with E-state index in [2.05, 4.69) is 15.1 Å². The van der Waals surface area contributed by atoms with Gasteiger partial charge in [-0.1, -0.05) is 0 Å². The molecular weight excluding hydrogens is 328 g/mol. The summed E-state index contributed by atoms with van der Waals surface area (Å²) in [7, 11) is 0. The molecule has 4 fully saturated rings. The van der Waals surface area contributed by atoms with E-state index in [0.29, 0.717) is 24.3 Å². The second kappa shape index (κ2) is 8.26. The van der Waals surface area contributed by atoms with Crippen molar-refractivity contribution in [3.05, 3.63) is 0 Å². The Bertz CT molecular complexity index is 506. The molecule has 0 unspecified atom stereocenters. The van der Waals surface area contributed by atoms with Crippen molar-refractivity contribution in [3.8, 4) is 0 Å². The van der Waals surface area contributed by atoms with E-state index in [0.717, 1.165) is 77.5 Å². The maximum absolute atomic E-state index is 12.8. The molecule has 2 amide bonds. The number of likely N-dealkylation sites (tertiary alicyclic amines) is 1. The van der Waals surface area contributed by atoms with Crippen molar-refractivity contribution in [2.75, 3.05) is 58.9 Å². The Hall–Kier alpha value is -1.14. The standard InChI is InChI=1S/C20H34N4O2/c25-19(23-8-2-1-3-9-23)15-22-10-12-24(13-11-22)20(26)18-14-17(18)16-4-6-21-7-5-16/h16-18,21H,1-15H2/t17-,18+/m0/s1. The van der Waals surface area contributed by atoms with Crippen molar-refractivity contribution >= 4 is 11.8 Å². The van der Waals surface area contributed by atoms with Crippen LogP contribution in [-0.2, 0) is 9.59 Å². The summed E-state index contributed by atoms with van der Waals surface area (Å²) < 4.78 is 0. The van der Waals surface area contributed by atoms with E-state index >= 15 is 0 Å². The molecule has 2 atom stereocenters. The van der Waals surface area contributed by atoms with Crippen molar-refractivity contribution in [1.29, 1.82) is 0 Å². The van der Waals surface area contributed by atoms with Gasteiger partial charge in [-0.15, -0.1) is 0 Å². The number of hydrogen-bond acceptors (Lipinski definition) is 4. The Morgan fingerprint density at radius 1 is 0.846 bits per heavy atom. The van der Waals surface area contributed by atoms with Gasteiger partial charge in [0.2, 0.25) is 11.8 Å². The van der Waals surface area contributed by atoms with E-state index in [4.69, 9.17) is 0 Å². The number of piperazine rings is 1. The summed E-state index contributed by atoms with van der Waals surface area (Å²) in [5.74, 6) is 2.35. The third kappa shape index (κ3) is 4.22. The summed E-state index contributed by atoms with van der Waals surface area (Å²) in [6.07, 6.45) is 7.13. The van der Waals surface area contributed by atoms with Crippen LogP contribution in [0, 0.1) is 17.8 Å². The number of carbonyl (C=O) groups is 2. The van der Waals surface area contributed by atoms with Crippen LogP contribution < -0.4 is 5.32 Å². The summed E-state index contributed by atoms with van der Waals surface area (Å²) in [4.78, 5) is 31.5. The Morgan fingerprint density at radius 3 is 2.23 bits per heavy atom. The average Bonchev–Trinajstić information content (AvgIpc) is 3.50. The Kier molecular flexibility index (Phi) is 5.79. The van der Waals surface area contributed by atoms with E-state index in [9.17, 15) is 9.59 Å². The molecule has 0 spiro atoms. The van der Waals surface area contributed by atoms with Crippen molar-refractivity contribution in [2.24, 2.45) is 17.8 Å². The molecule has 146 valence electrons. The SMILES string of the molecule is O=C(CN1CCN(C(=O)[C@@H]2C[C@H]2C2CCNCC2)CC1)N1CCCCC1. The van der Waals surface area contributed by atoms with Gasteiger partial charge < -0.3 is 15.1 Å². The fourth-order valence-electron chi connectivity index (χ4n) is 5.09. The first kappa shape index (κ1) is 18.2. The lowest BCUT2D eigenvalue weighted by atomic mass is 9.92. The van der Waals surface area contributed by atoms with Crippen LogP contribution in [0.1, 0.15) is 38.5 Å². The Morgan fingerprint density at radius 2 is 1.54 bits per heavy atom. The molecule has 0 aromatic heterocycles. The molecule has 6 nitrogen and oxygen atoms in total. The average molecular weight is 363 g/mol. The summed E-state index contributed by atoms with van der Waals surface area (Å²) in [6.45, 7) is 7.89. The molecule has 1 saturated carbocycles. The van der Waals surface area contributed by atoms with Crippen molar-refractivity contribution < 1.29 is 9.59 Å². The number of carbonyl (C=O) groups excluding carboxylic acids is 2. The number of piperidine rings is 2. The van der Waals surface area contributed by atoms with Crippen LogP contribution in [0.5, 0.6) is 0 Å². The van der Waals surface area contributed by atoms with Gasteiger partial charge in [0.15, 0.2) is 0 Å². The molecular formula is C20H34N4O2. The first-order valence-corrected chi connectivity index (χ1v) is 10.7. The highest BCUT2D eigenvalue weighted by molar-refractivity contribution is 5.82. The Labute approximate surface area is 157 Å². The van der Waals surface area contributed by atoms with Gasteiger partial charge in [-0.05, 0) is 63.5 Å². The maximum atomic E-state index is 12.8. The van der Waals surface area contributed by atoms with Crippen LogP contribution in [0.15, 0.2) is 0 Å². The first-order chi connectivity index (χ1) is 12.7.